The highest BCUT2D eigenvalue weighted by atomic mass is 16.5. The van der Waals surface area contributed by atoms with Crippen LogP contribution in [0.3, 0.4) is 0 Å². The Labute approximate surface area is 188 Å². The van der Waals surface area contributed by atoms with Gasteiger partial charge in [-0.2, -0.15) is 0 Å². The van der Waals surface area contributed by atoms with Crippen LogP contribution in [0, 0.1) is 0 Å². The highest BCUT2D eigenvalue weighted by Gasteiger charge is 2.37. The molecular formula is C28H26N2O2. The van der Waals surface area contributed by atoms with Crippen molar-refractivity contribution in [3.8, 4) is 0 Å². The number of rotatable bonds is 8. The first-order valence-electron chi connectivity index (χ1n) is 10.6. The zero-order chi connectivity index (χ0) is 22.2. The quantitative estimate of drug-likeness (QED) is 0.239. The van der Waals surface area contributed by atoms with E-state index in [1.54, 1.807) is 0 Å². The molecule has 0 aliphatic heterocycles. The van der Waals surface area contributed by atoms with Crippen LogP contribution in [-0.4, -0.2) is 13.1 Å². The van der Waals surface area contributed by atoms with Gasteiger partial charge >= 0.3 is 5.97 Å². The minimum Gasteiger partial charge on any atom is -0.468 e. The van der Waals surface area contributed by atoms with Crippen LogP contribution in [0.25, 0.3) is 0 Å². The molecule has 0 heterocycles. The summed E-state index contributed by atoms with van der Waals surface area (Å²) in [6.45, 7) is 0. The normalized spacial score (nSPS) is 12.2. The summed E-state index contributed by atoms with van der Waals surface area (Å²) < 4.78 is 5.11. The Hall–Kier alpha value is -3.73. The average molecular weight is 423 g/mol. The number of benzene rings is 4. The third-order valence-corrected chi connectivity index (χ3v) is 5.59. The third kappa shape index (κ3) is 4.33. The Morgan fingerprint density at radius 2 is 1.03 bits per heavy atom. The zero-order valence-corrected chi connectivity index (χ0v) is 17.9. The maximum atomic E-state index is 12.7. The van der Waals surface area contributed by atoms with Crippen molar-refractivity contribution in [1.29, 1.82) is 0 Å². The third-order valence-electron chi connectivity index (χ3n) is 5.59. The van der Waals surface area contributed by atoms with Crippen LogP contribution in [0.15, 0.2) is 121 Å². The Morgan fingerprint density at radius 1 is 0.656 bits per heavy atom. The number of esters is 1. The van der Waals surface area contributed by atoms with Gasteiger partial charge in [0.2, 0.25) is 0 Å². The first-order valence-corrected chi connectivity index (χ1v) is 10.6. The molecule has 0 aliphatic carbocycles. The van der Waals surface area contributed by atoms with Crippen LogP contribution in [0.5, 0.6) is 0 Å². The van der Waals surface area contributed by atoms with E-state index in [-0.39, 0.29) is 5.97 Å². The predicted molar refractivity (Wildman–Crippen MR) is 127 cm³/mol. The van der Waals surface area contributed by atoms with E-state index in [2.05, 4.69) is 47.2 Å². The molecule has 0 amide bonds. The molecular weight excluding hydrogens is 396 g/mol. The maximum absolute atomic E-state index is 12.7. The van der Waals surface area contributed by atoms with Gasteiger partial charge in [0.15, 0.2) is 0 Å². The SMILES string of the molecule is COC(=O)C(NNC(c1ccccc1)(c1ccccc1)c1ccccc1)c1ccccc1. The summed E-state index contributed by atoms with van der Waals surface area (Å²) in [6, 6.07) is 39.5. The summed E-state index contributed by atoms with van der Waals surface area (Å²) in [6.07, 6.45) is 0. The summed E-state index contributed by atoms with van der Waals surface area (Å²) in [5, 5.41) is 0. The summed E-state index contributed by atoms with van der Waals surface area (Å²) >= 11 is 0. The van der Waals surface area contributed by atoms with Crippen molar-refractivity contribution in [2.45, 2.75) is 11.6 Å². The Balaban J connectivity index is 1.85. The second-order valence-electron chi connectivity index (χ2n) is 7.48. The van der Waals surface area contributed by atoms with E-state index >= 15 is 0 Å². The number of carbonyl (C=O) groups excluding carboxylic acids is 1. The fourth-order valence-electron chi connectivity index (χ4n) is 4.00. The van der Waals surface area contributed by atoms with Gasteiger partial charge in [-0.05, 0) is 22.3 Å². The standard InChI is InChI=1S/C28H26N2O2/c1-32-27(31)26(22-14-6-2-7-15-22)29-30-28(23-16-8-3-9-17-23,24-18-10-4-11-19-24)25-20-12-5-13-21-25/h2-21,26,29-30H,1H3. The van der Waals surface area contributed by atoms with Gasteiger partial charge in [-0.25, -0.2) is 15.6 Å². The molecule has 0 radical (unpaired) electrons. The van der Waals surface area contributed by atoms with Gasteiger partial charge in [-0.3, -0.25) is 0 Å². The number of hydrogen-bond acceptors (Lipinski definition) is 4. The van der Waals surface area contributed by atoms with Crippen molar-refractivity contribution < 1.29 is 9.53 Å². The van der Waals surface area contributed by atoms with E-state index in [0.29, 0.717) is 0 Å². The van der Waals surface area contributed by atoms with Gasteiger partial charge in [-0.15, -0.1) is 0 Å². The smallest absolute Gasteiger partial charge is 0.328 e. The molecule has 0 aliphatic rings. The van der Waals surface area contributed by atoms with E-state index in [1.165, 1.54) is 7.11 Å². The predicted octanol–water partition coefficient (Wildman–Crippen LogP) is 4.99. The van der Waals surface area contributed by atoms with Crippen LogP contribution in [0.4, 0.5) is 0 Å². The van der Waals surface area contributed by atoms with Gasteiger partial charge < -0.3 is 4.74 Å². The van der Waals surface area contributed by atoms with Crippen LogP contribution in [0.2, 0.25) is 0 Å². The van der Waals surface area contributed by atoms with Crippen molar-refractivity contribution in [2.75, 3.05) is 7.11 Å². The molecule has 0 aromatic heterocycles. The monoisotopic (exact) mass is 422 g/mol. The first kappa shape index (κ1) is 21.5. The number of hydrogen-bond donors (Lipinski definition) is 2. The molecule has 0 saturated heterocycles. The van der Waals surface area contributed by atoms with Crippen molar-refractivity contribution in [2.24, 2.45) is 0 Å². The Kier molecular flexibility index (Phi) is 6.75. The fraction of sp³-hybridized carbons (Fsp3) is 0.107. The maximum Gasteiger partial charge on any atom is 0.328 e. The molecule has 32 heavy (non-hydrogen) atoms. The molecule has 1 unspecified atom stereocenters. The lowest BCUT2D eigenvalue weighted by atomic mass is 9.77. The average Bonchev–Trinajstić information content (AvgIpc) is 2.88. The number of nitrogens with one attached hydrogen (secondary N) is 2. The largest absolute Gasteiger partial charge is 0.468 e. The van der Waals surface area contributed by atoms with Gasteiger partial charge in [0.25, 0.3) is 0 Å². The second-order valence-corrected chi connectivity index (χ2v) is 7.48. The molecule has 4 aromatic carbocycles. The molecule has 4 aromatic rings. The van der Waals surface area contributed by atoms with E-state index in [4.69, 9.17) is 4.74 Å². The van der Waals surface area contributed by atoms with E-state index in [0.717, 1.165) is 22.3 Å². The topological polar surface area (TPSA) is 50.4 Å². The van der Waals surface area contributed by atoms with Gasteiger partial charge in [0.1, 0.15) is 11.6 Å². The highest BCUT2D eigenvalue weighted by Crippen LogP contribution is 2.36. The summed E-state index contributed by atoms with van der Waals surface area (Å²) in [7, 11) is 1.40. The molecule has 4 nitrogen and oxygen atoms in total. The van der Waals surface area contributed by atoms with Crippen molar-refractivity contribution in [1.82, 2.24) is 10.9 Å². The molecule has 0 saturated carbocycles. The molecule has 0 fully saturated rings. The molecule has 0 bridgehead atoms. The number of methoxy groups -OCH3 is 1. The van der Waals surface area contributed by atoms with E-state index in [9.17, 15) is 4.79 Å². The zero-order valence-electron chi connectivity index (χ0n) is 17.9. The Morgan fingerprint density at radius 3 is 1.41 bits per heavy atom. The molecule has 0 spiro atoms. The van der Waals surface area contributed by atoms with Crippen LogP contribution >= 0.6 is 0 Å². The summed E-state index contributed by atoms with van der Waals surface area (Å²) in [5.41, 5.74) is 10.0. The van der Waals surface area contributed by atoms with Gasteiger partial charge in [0, 0.05) is 0 Å². The molecule has 4 heteroatoms. The lowest BCUT2D eigenvalue weighted by molar-refractivity contribution is -0.143. The number of carbonyl (C=O) groups is 1. The van der Waals surface area contributed by atoms with Gasteiger partial charge in [0.05, 0.1) is 7.11 Å². The number of ether oxygens (including phenoxy) is 1. The second kappa shape index (κ2) is 10.1. The lowest BCUT2D eigenvalue weighted by Crippen LogP contribution is -2.54. The number of hydrazine groups is 1. The van der Waals surface area contributed by atoms with Crippen LogP contribution in [-0.2, 0) is 15.1 Å². The molecule has 2 N–H and O–H groups in total. The van der Waals surface area contributed by atoms with E-state index in [1.807, 2.05) is 84.9 Å². The molecule has 4 rings (SSSR count). The Bertz CT molecular complexity index is 1020. The van der Waals surface area contributed by atoms with Crippen molar-refractivity contribution >= 4 is 5.97 Å². The van der Waals surface area contributed by atoms with Crippen molar-refractivity contribution in [3.63, 3.8) is 0 Å². The molecule has 160 valence electrons. The van der Waals surface area contributed by atoms with Crippen molar-refractivity contribution in [3.05, 3.63) is 144 Å². The summed E-state index contributed by atoms with van der Waals surface area (Å²) in [5.74, 6) is -0.369. The van der Waals surface area contributed by atoms with Crippen LogP contribution in [0.1, 0.15) is 28.3 Å². The minimum atomic E-state index is -0.745. The first-order chi connectivity index (χ1) is 15.8. The van der Waals surface area contributed by atoms with E-state index < -0.39 is 11.6 Å². The fourth-order valence-corrected chi connectivity index (χ4v) is 4.00. The van der Waals surface area contributed by atoms with Gasteiger partial charge in [-0.1, -0.05) is 121 Å². The van der Waals surface area contributed by atoms with Crippen LogP contribution < -0.4 is 10.9 Å². The summed E-state index contributed by atoms with van der Waals surface area (Å²) in [4.78, 5) is 12.7. The highest BCUT2D eigenvalue weighted by molar-refractivity contribution is 5.77. The minimum absolute atomic E-state index is 0.369. The lowest BCUT2D eigenvalue weighted by Gasteiger charge is -2.38. The molecule has 1 atom stereocenters.